The first-order valence-electron chi connectivity index (χ1n) is 8.24. The predicted molar refractivity (Wildman–Crippen MR) is 90.4 cm³/mol. The van der Waals surface area contributed by atoms with Crippen LogP contribution in [0.3, 0.4) is 0 Å². The number of hydrogen-bond acceptors (Lipinski definition) is 3. The third kappa shape index (κ3) is 3.34. The summed E-state index contributed by atoms with van der Waals surface area (Å²) in [6, 6.07) is 8.39. The second-order valence-corrected chi connectivity index (χ2v) is 8.47. The zero-order chi connectivity index (χ0) is 16.4. The molecule has 5 heteroatoms. The molecule has 1 aliphatic heterocycles. The fourth-order valence-corrected chi connectivity index (χ4v) is 4.81. The van der Waals surface area contributed by atoms with Crippen LogP contribution >= 0.6 is 0 Å². The lowest BCUT2D eigenvalue weighted by atomic mass is 9.76. The molecule has 3 rings (SSSR count). The normalized spacial score (nSPS) is 25.7. The summed E-state index contributed by atoms with van der Waals surface area (Å²) in [5, 5.41) is 0. The average molecular weight is 333 g/mol. The van der Waals surface area contributed by atoms with E-state index in [1.54, 1.807) is 18.3 Å². The second-order valence-electron chi connectivity index (χ2n) is 6.58. The third-order valence-electron chi connectivity index (χ3n) is 5.00. The molecule has 1 fully saturated rings. The standard InChI is InChI=1S/C18H23NO3S/c1-23(21,22)19-13-12-16(14-8-4-2-5-9-14)17(19)18(20)15-10-6-3-7-11-15/h3,6-7,10-14,16-17H,2,4-5,8-9H2,1H3/t16-,17+/m0/s1. The van der Waals surface area contributed by atoms with Gasteiger partial charge in [-0.2, -0.15) is 0 Å². The lowest BCUT2D eigenvalue weighted by molar-refractivity contribution is 0.0862. The minimum absolute atomic E-state index is 0.0160. The van der Waals surface area contributed by atoms with Crippen molar-refractivity contribution < 1.29 is 13.2 Å². The number of benzene rings is 1. The highest BCUT2D eigenvalue weighted by molar-refractivity contribution is 7.88. The number of Topliss-reactive ketones (excluding diaryl/α,β-unsaturated/α-hetero) is 1. The van der Waals surface area contributed by atoms with Crippen molar-refractivity contribution >= 4 is 15.8 Å². The Hall–Kier alpha value is -1.62. The van der Waals surface area contributed by atoms with Crippen LogP contribution < -0.4 is 0 Å². The molecule has 2 aliphatic rings. The van der Waals surface area contributed by atoms with Crippen LogP contribution in [0.5, 0.6) is 0 Å². The first-order valence-corrected chi connectivity index (χ1v) is 10.1. The molecule has 4 nitrogen and oxygen atoms in total. The zero-order valence-electron chi connectivity index (χ0n) is 13.4. The van der Waals surface area contributed by atoms with E-state index >= 15 is 0 Å². The summed E-state index contributed by atoms with van der Waals surface area (Å²) in [5.74, 6) is 0.277. The van der Waals surface area contributed by atoms with Crippen molar-refractivity contribution in [3.8, 4) is 0 Å². The van der Waals surface area contributed by atoms with E-state index in [4.69, 9.17) is 0 Å². The van der Waals surface area contributed by atoms with Crippen molar-refractivity contribution in [3.63, 3.8) is 0 Å². The maximum Gasteiger partial charge on any atom is 0.232 e. The molecule has 1 heterocycles. The second kappa shape index (κ2) is 6.48. The Bertz CT molecular complexity index is 690. The minimum atomic E-state index is -3.45. The fourth-order valence-electron chi connectivity index (χ4n) is 3.87. The molecule has 23 heavy (non-hydrogen) atoms. The Morgan fingerprint density at radius 3 is 2.35 bits per heavy atom. The molecular weight excluding hydrogens is 310 g/mol. The molecule has 0 N–H and O–H groups in total. The van der Waals surface area contributed by atoms with Gasteiger partial charge in [-0.1, -0.05) is 55.7 Å². The maximum absolute atomic E-state index is 13.0. The van der Waals surface area contributed by atoms with Crippen LogP contribution in [0.1, 0.15) is 42.5 Å². The van der Waals surface area contributed by atoms with E-state index in [1.807, 2.05) is 24.3 Å². The van der Waals surface area contributed by atoms with E-state index in [1.165, 1.54) is 29.8 Å². The fraction of sp³-hybridized carbons (Fsp3) is 0.500. The largest absolute Gasteiger partial charge is 0.292 e. The van der Waals surface area contributed by atoms with Gasteiger partial charge in [0.25, 0.3) is 0 Å². The van der Waals surface area contributed by atoms with Crippen LogP contribution in [-0.2, 0) is 10.0 Å². The Kier molecular flexibility index (Phi) is 4.57. The Morgan fingerprint density at radius 1 is 1.09 bits per heavy atom. The smallest absolute Gasteiger partial charge is 0.232 e. The van der Waals surface area contributed by atoms with E-state index in [-0.39, 0.29) is 11.7 Å². The van der Waals surface area contributed by atoms with Crippen molar-refractivity contribution in [2.24, 2.45) is 11.8 Å². The number of ketones is 1. The lowest BCUT2D eigenvalue weighted by Gasteiger charge is -2.33. The van der Waals surface area contributed by atoms with Crippen molar-refractivity contribution in [2.45, 2.75) is 38.1 Å². The monoisotopic (exact) mass is 333 g/mol. The van der Waals surface area contributed by atoms with E-state index in [9.17, 15) is 13.2 Å². The molecule has 0 amide bonds. The summed E-state index contributed by atoms with van der Waals surface area (Å²) >= 11 is 0. The topological polar surface area (TPSA) is 54.5 Å². The first-order chi connectivity index (χ1) is 11.0. The third-order valence-corrected chi connectivity index (χ3v) is 6.11. The van der Waals surface area contributed by atoms with Gasteiger partial charge in [-0.05, 0) is 18.8 Å². The Labute approximate surface area is 138 Å². The molecule has 1 saturated carbocycles. The van der Waals surface area contributed by atoms with Gasteiger partial charge in [-0.25, -0.2) is 8.42 Å². The van der Waals surface area contributed by atoms with E-state index < -0.39 is 16.1 Å². The summed E-state index contributed by atoms with van der Waals surface area (Å²) in [7, 11) is -3.45. The molecular formula is C18H23NO3S. The highest BCUT2D eigenvalue weighted by Gasteiger charge is 2.43. The SMILES string of the molecule is CS(=O)(=O)N1C=C[C@@H](C2CCCCC2)[C@@H]1C(=O)c1ccccc1. The van der Waals surface area contributed by atoms with Crippen molar-refractivity contribution in [1.82, 2.24) is 4.31 Å². The molecule has 124 valence electrons. The highest BCUT2D eigenvalue weighted by atomic mass is 32.2. The predicted octanol–water partition coefficient (Wildman–Crippen LogP) is 3.22. The zero-order valence-corrected chi connectivity index (χ0v) is 14.2. The molecule has 2 atom stereocenters. The molecule has 1 aliphatic carbocycles. The lowest BCUT2D eigenvalue weighted by Crippen LogP contribution is -2.44. The van der Waals surface area contributed by atoms with Gasteiger partial charge in [-0.15, -0.1) is 0 Å². The Balaban J connectivity index is 1.93. The van der Waals surface area contributed by atoms with E-state index in [0.29, 0.717) is 11.5 Å². The van der Waals surface area contributed by atoms with Crippen LogP contribution in [0.25, 0.3) is 0 Å². The van der Waals surface area contributed by atoms with Crippen LogP contribution in [0, 0.1) is 11.8 Å². The van der Waals surface area contributed by atoms with Crippen LogP contribution in [0.4, 0.5) is 0 Å². The number of carbonyl (C=O) groups excluding carboxylic acids is 1. The van der Waals surface area contributed by atoms with Gasteiger partial charge in [0.1, 0.15) is 6.04 Å². The first kappa shape index (κ1) is 16.2. The van der Waals surface area contributed by atoms with Crippen molar-refractivity contribution in [3.05, 3.63) is 48.2 Å². The van der Waals surface area contributed by atoms with Crippen LogP contribution in [-0.4, -0.2) is 30.8 Å². The number of rotatable bonds is 4. The molecule has 0 aromatic heterocycles. The molecule has 0 bridgehead atoms. The average Bonchev–Trinajstić information content (AvgIpc) is 3.01. The molecule has 0 unspecified atom stereocenters. The van der Waals surface area contributed by atoms with Gasteiger partial charge >= 0.3 is 0 Å². The van der Waals surface area contributed by atoms with Gasteiger partial charge < -0.3 is 0 Å². The van der Waals surface area contributed by atoms with E-state index in [0.717, 1.165) is 12.8 Å². The summed E-state index contributed by atoms with van der Waals surface area (Å²) in [5.41, 5.74) is 0.579. The summed E-state index contributed by atoms with van der Waals surface area (Å²) in [4.78, 5) is 13.0. The molecule has 1 aromatic carbocycles. The molecule has 1 aromatic rings. The van der Waals surface area contributed by atoms with Gasteiger partial charge in [0.2, 0.25) is 10.0 Å². The number of hydrogen-bond donors (Lipinski definition) is 0. The summed E-state index contributed by atoms with van der Waals surface area (Å²) < 4.78 is 25.5. The number of sulfonamides is 1. The van der Waals surface area contributed by atoms with Gasteiger partial charge in [0, 0.05) is 17.7 Å². The molecule has 0 spiro atoms. The van der Waals surface area contributed by atoms with Crippen molar-refractivity contribution in [1.29, 1.82) is 0 Å². The molecule has 0 radical (unpaired) electrons. The van der Waals surface area contributed by atoms with Crippen LogP contribution in [0.15, 0.2) is 42.6 Å². The number of carbonyl (C=O) groups is 1. The van der Waals surface area contributed by atoms with E-state index in [2.05, 4.69) is 0 Å². The van der Waals surface area contributed by atoms with Gasteiger partial charge in [0.15, 0.2) is 5.78 Å². The highest BCUT2D eigenvalue weighted by Crippen LogP contribution is 2.39. The van der Waals surface area contributed by atoms with Gasteiger partial charge in [0.05, 0.1) is 6.26 Å². The quantitative estimate of drug-likeness (QED) is 0.795. The summed E-state index contributed by atoms with van der Waals surface area (Å²) in [6.07, 6.45) is 10.4. The van der Waals surface area contributed by atoms with Crippen molar-refractivity contribution in [2.75, 3.05) is 6.26 Å². The Morgan fingerprint density at radius 2 is 1.74 bits per heavy atom. The number of nitrogens with zero attached hydrogens (tertiary/aromatic N) is 1. The van der Waals surface area contributed by atoms with Gasteiger partial charge in [-0.3, -0.25) is 9.10 Å². The summed E-state index contributed by atoms with van der Waals surface area (Å²) in [6.45, 7) is 0. The maximum atomic E-state index is 13.0. The minimum Gasteiger partial charge on any atom is -0.292 e. The molecule has 0 saturated heterocycles. The van der Waals surface area contributed by atoms with Crippen LogP contribution in [0.2, 0.25) is 0 Å².